The minimum absolute atomic E-state index is 0.0919. The van der Waals surface area contributed by atoms with Gasteiger partial charge in [0.2, 0.25) is 0 Å². The largest absolute Gasteiger partial charge is 0.306 e. The van der Waals surface area contributed by atoms with Gasteiger partial charge in [-0.05, 0) is 13.0 Å². The molecule has 0 radical (unpaired) electrons. The molecule has 3 aromatic heterocycles. The summed E-state index contributed by atoms with van der Waals surface area (Å²) >= 11 is 0. The first-order valence-corrected chi connectivity index (χ1v) is 8.19. The third-order valence-electron chi connectivity index (χ3n) is 4.53. The molecule has 0 spiro atoms. The Morgan fingerprint density at radius 3 is 2.80 bits per heavy atom. The highest BCUT2D eigenvalue weighted by atomic mass is 16.1. The van der Waals surface area contributed by atoms with Crippen LogP contribution in [0, 0.1) is 6.92 Å². The Morgan fingerprint density at radius 1 is 1.28 bits per heavy atom. The molecule has 0 bridgehead atoms. The quantitative estimate of drug-likeness (QED) is 0.761. The summed E-state index contributed by atoms with van der Waals surface area (Å²) in [6.45, 7) is 4.20. The molecular weight excluding hydrogens is 318 g/mol. The molecule has 25 heavy (non-hydrogen) atoms. The average Bonchev–Trinajstić information content (AvgIpc) is 2.93. The van der Waals surface area contributed by atoms with Crippen molar-refractivity contribution in [3.8, 4) is 11.4 Å². The zero-order valence-electron chi connectivity index (χ0n) is 14.2. The molecule has 8 heteroatoms. The Labute approximate surface area is 144 Å². The van der Waals surface area contributed by atoms with E-state index >= 15 is 0 Å². The van der Waals surface area contributed by atoms with E-state index in [9.17, 15) is 4.79 Å². The fourth-order valence-corrected chi connectivity index (χ4v) is 3.12. The van der Waals surface area contributed by atoms with Gasteiger partial charge in [-0.1, -0.05) is 0 Å². The average molecular weight is 337 g/mol. The number of H-pyrrole nitrogens is 1. The van der Waals surface area contributed by atoms with Crippen LogP contribution in [-0.4, -0.2) is 41.2 Å². The SMILES string of the molecule is Cc1cc(CN2CCc3nc(-c4cncnc4)[nH]c(=O)c3C2)nn1C. The molecule has 1 aliphatic heterocycles. The van der Waals surface area contributed by atoms with E-state index in [4.69, 9.17) is 0 Å². The zero-order chi connectivity index (χ0) is 17.4. The van der Waals surface area contributed by atoms with E-state index in [1.54, 1.807) is 12.4 Å². The van der Waals surface area contributed by atoms with Gasteiger partial charge < -0.3 is 4.98 Å². The fourth-order valence-electron chi connectivity index (χ4n) is 3.12. The number of hydrogen-bond donors (Lipinski definition) is 1. The van der Waals surface area contributed by atoms with E-state index in [0.717, 1.165) is 42.2 Å². The van der Waals surface area contributed by atoms with Gasteiger partial charge in [0.25, 0.3) is 5.56 Å². The second kappa shape index (κ2) is 6.21. The van der Waals surface area contributed by atoms with Crippen LogP contribution in [0.3, 0.4) is 0 Å². The van der Waals surface area contributed by atoms with Crippen molar-refractivity contribution in [3.63, 3.8) is 0 Å². The maximum absolute atomic E-state index is 12.5. The Morgan fingerprint density at radius 2 is 2.08 bits per heavy atom. The van der Waals surface area contributed by atoms with E-state index in [2.05, 4.69) is 36.0 Å². The highest BCUT2D eigenvalue weighted by Crippen LogP contribution is 2.19. The molecule has 0 fully saturated rings. The van der Waals surface area contributed by atoms with Gasteiger partial charge in [-0.25, -0.2) is 15.0 Å². The number of hydrogen-bond acceptors (Lipinski definition) is 6. The number of nitrogens with zero attached hydrogens (tertiary/aromatic N) is 6. The molecule has 0 unspecified atom stereocenters. The second-order valence-corrected chi connectivity index (χ2v) is 6.33. The summed E-state index contributed by atoms with van der Waals surface area (Å²) in [4.78, 5) is 30.2. The van der Waals surface area contributed by atoms with Crippen molar-refractivity contribution in [3.05, 3.63) is 57.8 Å². The van der Waals surface area contributed by atoms with Crippen LogP contribution in [0.5, 0.6) is 0 Å². The summed E-state index contributed by atoms with van der Waals surface area (Å²) in [5, 5.41) is 4.50. The topological polar surface area (TPSA) is 92.6 Å². The van der Waals surface area contributed by atoms with Gasteiger partial charge in [0.05, 0.1) is 22.5 Å². The summed E-state index contributed by atoms with van der Waals surface area (Å²) < 4.78 is 1.87. The number of fused-ring (bicyclic) bond motifs is 1. The maximum Gasteiger partial charge on any atom is 0.255 e. The fraction of sp³-hybridized carbons (Fsp3) is 0.353. The van der Waals surface area contributed by atoms with Crippen LogP contribution in [0.25, 0.3) is 11.4 Å². The lowest BCUT2D eigenvalue weighted by atomic mass is 10.1. The third-order valence-corrected chi connectivity index (χ3v) is 4.53. The molecule has 0 amide bonds. The van der Waals surface area contributed by atoms with Crippen molar-refractivity contribution in [1.82, 2.24) is 34.6 Å². The smallest absolute Gasteiger partial charge is 0.255 e. The maximum atomic E-state index is 12.5. The predicted octanol–water partition coefficient (Wildman–Crippen LogP) is 0.827. The molecule has 3 aromatic rings. The van der Waals surface area contributed by atoms with Gasteiger partial charge in [0.15, 0.2) is 0 Å². The van der Waals surface area contributed by atoms with Crippen LogP contribution >= 0.6 is 0 Å². The molecule has 0 saturated heterocycles. The van der Waals surface area contributed by atoms with Crippen LogP contribution in [0.2, 0.25) is 0 Å². The summed E-state index contributed by atoms with van der Waals surface area (Å²) in [7, 11) is 1.94. The molecule has 8 nitrogen and oxygen atoms in total. The Bertz CT molecular complexity index is 941. The minimum atomic E-state index is -0.0919. The first-order chi connectivity index (χ1) is 12.1. The van der Waals surface area contributed by atoms with E-state index in [-0.39, 0.29) is 5.56 Å². The summed E-state index contributed by atoms with van der Waals surface area (Å²) in [6, 6.07) is 2.08. The van der Waals surface area contributed by atoms with Crippen molar-refractivity contribution < 1.29 is 0 Å². The summed E-state index contributed by atoms with van der Waals surface area (Å²) in [5.74, 6) is 0.526. The van der Waals surface area contributed by atoms with Crippen molar-refractivity contribution in [2.24, 2.45) is 7.05 Å². The van der Waals surface area contributed by atoms with Crippen molar-refractivity contribution in [2.75, 3.05) is 6.54 Å². The molecule has 0 aromatic carbocycles. The van der Waals surface area contributed by atoms with Crippen LogP contribution in [0.1, 0.15) is 22.6 Å². The van der Waals surface area contributed by atoms with Gasteiger partial charge in [-0.15, -0.1) is 0 Å². The molecule has 1 N–H and O–H groups in total. The van der Waals surface area contributed by atoms with Crippen LogP contribution < -0.4 is 5.56 Å². The van der Waals surface area contributed by atoms with E-state index in [1.165, 1.54) is 6.33 Å². The van der Waals surface area contributed by atoms with Crippen LogP contribution in [0.15, 0.2) is 29.6 Å². The monoisotopic (exact) mass is 337 g/mol. The van der Waals surface area contributed by atoms with E-state index < -0.39 is 0 Å². The normalized spacial score (nSPS) is 14.5. The lowest BCUT2D eigenvalue weighted by Crippen LogP contribution is -2.35. The van der Waals surface area contributed by atoms with Gasteiger partial charge in [0.1, 0.15) is 12.2 Å². The lowest BCUT2D eigenvalue weighted by molar-refractivity contribution is 0.238. The number of aromatic amines is 1. The molecule has 4 rings (SSSR count). The Balaban J connectivity index is 1.58. The van der Waals surface area contributed by atoms with Gasteiger partial charge in [0, 0.05) is 51.2 Å². The minimum Gasteiger partial charge on any atom is -0.306 e. The Hall–Kier alpha value is -2.87. The van der Waals surface area contributed by atoms with Crippen molar-refractivity contribution in [1.29, 1.82) is 0 Å². The standard InChI is InChI=1S/C17H19N7O/c1-11-5-13(22-23(11)2)8-24-4-3-15-14(9-24)17(25)21-16(20-15)12-6-18-10-19-7-12/h5-7,10H,3-4,8-9H2,1-2H3,(H,20,21,25). The first kappa shape index (κ1) is 15.6. The zero-order valence-corrected chi connectivity index (χ0v) is 14.2. The van der Waals surface area contributed by atoms with Crippen LogP contribution in [-0.2, 0) is 26.6 Å². The molecule has 1 aliphatic rings. The lowest BCUT2D eigenvalue weighted by Gasteiger charge is -2.26. The first-order valence-electron chi connectivity index (χ1n) is 8.19. The van der Waals surface area contributed by atoms with Crippen molar-refractivity contribution in [2.45, 2.75) is 26.4 Å². The molecule has 128 valence electrons. The van der Waals surface area contributed by atoms with Gasteiger partial charge in [-0.2, -0.15) is 5.10 Å². The molecule has 0 saturated carbocycles. The number of nitrogens with one attached hydrogen (secondary N) is 1. The third kappa shape index (κ3) is 3.08. The second-order valence-electron chi connectivity index (χ2n) is 6.33. The highest BCUT2D eigenvalue weighted by molar-refractivity contribution is 5.52. The summed E-state index contributed by atoms with van der Waals surface area (Å²) in [5.41, 5.74) is 4.36. The van der Waals surface area contributed by atoms with Crippen molar-refractivity contribution >= 4 is 0 Å². The van der Waals surface area contributed by atoms with Gasteiger partial charge in [-0.3, -0.25) is 14.4 Å². The molecule has 0 aliphatic carbocycles. The van der Waals surface area contributed by atoms with E-state index in [1.807, 2.05) is 18.7 Å². The highest BCUT2D eigenvalue weighted by Gasteiger charge is 2.22. The predicted molar refractivity (Wildman–Crippen MR) is 91.6 cm³/mol. The van der Waals surface area contributed by atoms with Crippen LogP contribution in [0.4, 0.5) is 0 Å². The number of aryl methyl sites for hydroxylation is 2. The Kier molecular flexibility index (Phi) is 3.89. The number of rotatable bonds is 3. The molecule has 4 heterocycles. The van der Waals surface area contributed by atoms with E-state index in [0.29, 0.717) is 17.9 Å². The number of aromatic nitrogens is 6. The molecular formula is C17H19N7O. The summed E-state index contributed by atoms with van der Waals surface area (Å²) in [6.07, 6.45) is 5.50. The molecule has 0 atom stereocenters. The van der Waals surface area contributed by atoms with Gasteiger partial charge >= 0.3 is 0 Å².